The van der Waals surface area contributed by atoms with E-state index in [2.05, 4.69) is 18.3 Å². The molecule has 19 heavy (non-hydrogen) atoms. The maximum atomic E-state index is 9.40. The van der Waals surface area contributed by atoms with Crippen molar-refractivity contribution in [3.63, 3.8) is 0 Å². The van der Waals surface area contributed by atoms with E-state index in [1.54, 1.807) is 0 Å². The van der Waals surface area contributed by atoms with Crippen LogP contribution in [0.15, 0.2) is 0 Å². The Kier molecular flexibility index (Phi) is 7.37. The van der Waals surface area contributed by atoms with Crippen molar-refractivity contribution >= 4 is 0 Å². The third kappa shape index (κ3) is 6.38. The first kappa shape index (κ1) is 16.4. The summed E-state index contributed by atoms with van der Waals surface area (Å²) in [7, 11) is 0. The van der Waals surface area contributed by atoms with Gasteiger partial charge < -0.3 is 9.47 Å². The van der Waals surface area contributed by atoms with Crippen LogP contribution in [-0.4, -0.2) is 37.5 Å². The Hall–Kier alpha value is -0.630. The SMILES string of the molecule is CCOCC(C)OCCCC(C#N)(CC)NC1CC1. The van der Waals surface area contributed by atoms with Gasteiger partial charge in [-0.2, -0.15) is 5.26 Å². The molecule has 0 aromatic rings. The second kappa shape index (κ2) is 8.52. The summed E-state index contributed by atoms with van der Waals surface area (Å²) in [6.45, 7) is 8.16. The molecule has 0 aromatic carbocycles. The third-order valence-electron chi connectivity index (χ3n) is 3.58. The molecule has 2 unspecified atom stereocenters. The van der Waals surface area contributed by atoms with Gasteiger partial charge in [-0.1, -0.05) is 6.92 Å². The van der Waals surface area contributed by atoms with Gasteiger partial charge in [-0.15, -0.1) is 0 Å². The molecule has 0 aromatic heterocycles. The van der Waals surface area contributed by atoms with Gasteiger partial charge in [0.1, 0.15) is 5.54 Å². The van der Waals surface area contributed by atoms with Crippen molar-refractivity contribution in [2.75, 3.05) is 19.8 Å². The topological polar surface area (TPSA) is 54.3 Å². The maximum Gasteiger partial charge on any atom is 0.106 e. The molecule has 1 fully saturated rings. The van der Waals surface area contributed by atoms with E-state index in [0.29, 0.717) is 19.3 Å². The average Bonchev–Trinajstić information content (AvgIpc) is 3.23. The van der Waals surface area contributed by atoms with Crippen molar-refractivity contribution < 1.29 is 9.47 Å². The monoisotopic (exact) mass is 268 g/mol. The number of hydrogen-bond acceptors (Lipinski definition) is 4. The summed E-state index contributed by atoms with van der Waals surface area (Å²) in [6, 6.07) is 3.03. The first-order chi connectivity index (χ1) is 9.15. The molecule has 4 nitrogen and oxygen atoms in total. The van der Waals surface area contributed by atoms with Crippen LogP contribution >= 0.6 is 0 Å². The Morgan fingerprint density at radius 1 is 1.42 bits per heavy atom. The molecule has 1 saturated carbocycles. The van der Waals surface area contributed by atoms with E-state index in [1.165, 1.54) is 12.8 Å². The minimum Gasteiger partial charge on any atom is -0.379 e. The highest BCUT2D eigenvalue weighted by Crippen LogP contribution is 2.26. The minimum atomic E-state index is -0.353. The average molecular weight is 268 g/mol. The number of rotatable bonds is 11. The predicted molar refractivity (Wildman–Crippen MR) is 75.9 cm³/mol. The van der Waals surface area contributed by atoms with Gasteiger partial charge in [-0.3, -0.25) is 5.32 Å². The third-order valence-corrected chi connectivity index (χ3v) is 3.58. The van der Waals surface area contributed by atoms with Crippen molar-refractivity contribution in [2.45, 2.75) is 70.6 Å². The summed E-state index contributed by atoms with van der Waals surface area (Å²) >= 11 is 0. The van der Waals surface area contributed by atoms with E-state index >= 15 is 0 Å². The number of nitriles is 1. The van der Waals surface area contributed by atoms with E-state index < -0.39 is 0 Å². The Bertz CT molecular complexity index is 286. The van der Waals surface area contributed by atoms with Gasteiger partial charge in [0.05, 0.1) is 18.8 Å². The van der Waals surface area contributed by atoms with Crippen molar-refractivity contribution in [1.29, 1.82) is 5.26 Å². The quantitative estimate of drug-likeness (QED) is 0.585. The van der Waals surface area contributed by atoms with Gasteiger partial charge in [0, 0.05) is 19.3 Å². The molecule has 110 valence electrons. The standard InChI is InChI=1S/C15H28N2O2/c1-4-15(12-16,17-14-7-8-14)9-6-10-19-13(3)11-18-5-2/h13-14,17H,4-11H2,1-3H3. The number of hydrogen-bond donors (Lipinski definition) is 1. The Balaban J connectivity index is 2.19. The van der Waals surface area contributed by atoms with Gasteiger partial charge in [-0.25, -0.2) is 0 Å². The molecule has 0 amide bonds. The van der Waals surface area contributed by atoms with Crippen LogP contribution in [0.1, 0.15) is 52.9 Å². The van der Waals surface area contributed by atoms with E-state index in [-0.39, 0.29) is 11.6 Å². The Labute approximate surface area is 117 Å². The predicted octanol–water partition coefficient (Wildman–Crippen LogP) is 2.63. The van der Waals surface area contributed by atoms with Crippen LogP contribution in [-0.2, 0) is 9.47 Å². The smallest absolute Gasteiger partial charge is 0.106 e. The molecule has 0 heterocycles. The molecular weight excluding hydrogens is 240 g/mol. The molecule has 4 heteroatoms. The number of ether oxygens (including phenoxy) is 2. The second-order valence-corrected chi connectivity index (χ2v) is 5.41. The fraction of sp³-hybridized carbons (Fsp3) is 0.933. The molecule has 1 rings (SSSR count). The van der Waals surface area contributed by atoms with Crippen LogP contribution in [0.2, 0.25) is 0 Å². The largest absolute Gasteiger partial charge is 0.379 e. The first-order valence-corrected chi connectivity index (χ1v) is 7.54. The minimum absolute atomic E-state index is 0.134. The molecule has 2 atom stereocenters. The van der Waals surface area contributed by atoms with Crippen molar-refractivity contribution in [3.05, 3.63) is 0 Å². The van der Waals surface area contributed by atoms with E-state index in [4.69, 9.17) is 9.47 Å². The molecule has 1 aliphatic carbocycles. The summed E-state index contributed by atoms with van der Waals surface area (Å²) < 4.78 is 11.0. The van der Waals surface area contributed by atoms with E-state index in [9.17, 15) is 5.26 Å². The van der Waals surface area contributed by atoms with Gasteiger partial charge in [0.15, 0.2) is 0 Å². The maximum absolute atomic E-state index is 9.40. The van der Waals surface area contributed by atoms with Gasteiger partial charge in [0.25, 0.3) is 0 Å². The first-order valence-electron chi connectivity index (χ1n) is 7.54. The normalized spacial score (nSPS) is 19.7. The zero-order chi connectivity index (χ0) is 14.1. The lowest BCUT2D eigenvalue weighted by Gasteiger charge is -2.27. The lowest BCUT2D eigenvalue weighted by atomic mass is 9.92. The molecule has 1 aliphatic rings. The second-order valence-electron chi connectivity index (χ2n) is 5.41. The van der Waals surface area contributed by atoms with Gasteiger partial charge in [-0.05, 0) is 46.0 Å². The van der Waals surface area contributed by atoms with E-state index in [0.717, 1.165) is 25.9 Å². The summed E-state index contributed by atoms with van der Waals surface area (Å²) in [6.07, 6.45) is 5.19. The molecule has 0 spiro atoms. The summed E-state index contributed by atoms with van der Waals surface area (Å²) in [5, 5.41) is 12.9. The molecule has 0 bridgehead atoms. The van der Waals surface area contributed by atoms with Gasteiger partial charge >= 0.3 is 0 Å². The van der Waals surface area contributed by atoms with Crippen LogP contribution < -0.4 is 5.32 Å². The molecule has 0 aliphatic heterocycles. The molecule has 1 N–H and O–H groups in total. The highest BCUT2D eigenvalue weighted by atomic mass is 16.5. The van der Waals surface area contributed by atoms with Crippen LogP contribution in [0.4, 0.5) is 0 Å². The number of nitrogens with one attached hydrogen (secondary N) is 1. The van der Waals surface area contributed by atoms with Crippen LogP contribution in [0, 0.1) is 11.3 Å². The highest BCUT2D eigenvalue weighted by molar-refractivity contribution is 5.09. The number of nitrogens with zero attached hydrogens (tertiary/aromatic N) is 1. The Morgan fingerprint density at radius 3 is 2.68 bits per heavy atom. The highest BCUT2D eigenvalue weighted by Gasteiger charge is 2.34. The Morgan fingerprint density at radius 2 is 2.16 bits per heavy atom. The summed E-state index contributed by atoms with van der Waals surface area (Å²) in [5.41, 5.74) is -0.353. The van der Waals surface area contributed by atoms with Crippen LogP contribution in [0.5, 0.6) is 0 Å². The zero-order valence-electron chi connectivity index (χ0n) is 12.6. The van der Waals surface area contributed by atoms with Crippen molar-refractivity contribution in [2.24, 2.45) is 0 Å². The lowest BCUT2D eigenvalue weighted by molar-refractivity contribution is -0.00565. The fourth-order valence-electron chi connectivity index (χ4n) is 2.13. The van der Waals surface area contributed by atoms with E-state index in [1.807, 2.05) is 13.8 Å². The van der Waals surface area contributed by atoms with Gasteiger partial charge in [0.2, 0.25) is 0 Å². The fourth-order valence-corrected chi connectivity index (χ4v) is 2.13. The van der Waals surface area contributed by atoms with Crippen LogP contribution in [0.3, 0.4) is 0 Å². The van der Waals surface area contributed by atoms with Crippen LogP contribution in [0.25, 0.3) is 0 Å². The lowest BCUT2D eigenvalue weighted by Crippen LogP contribution is -2.44. The molecule has 0 radical (unpaired) electrons. The summed E-state index contributed by atoms with van der Waals surface area (Å²) in [4.78, 5) is 0. The van der Waals surface area contributed by atoms with Crippen molar-refractivity contribution in [3.8, 4) is 6.07 Å². The van der Waals surface area contributed by atoms with Crippen molar-refractivity contribution in [1.82, 2.24) is 5.32 Å². The molecular formula is C15H28N2O2. The summed E-state index contributed by atoms with van der Waals surface area (Å²) in [5.74, 6) is 0. The zero-order valence-corrected chi connectivity index (χ0v) is 12.6. The molecule has 0 saturated heterocycles.